The molecule has 4 aliphatic carbocycles. The van der Waals surface area contributed by atoms with Gasteiger partial charge in [0.15, 0.2) is 0 Å². The smallest absolute Gasteiger partial charge is 0.315 e. The van der Waals surface area contributed by atoms with E-state index in [4.69, 9.17) is 5.73 Å². The number of carbonyl (C=O) groups is 1. The van der Waals surface area contributed by atoms with Crippen LogP contribution >= 0.6 is 11.8 Å². The molecule has 0 heterocycles. The van der Waals surface area contributed by atoms with Crippen molar-refractivity contribution in [2.45, 2.75) is 44.6 Å². The van der Waals surface area contributed by atoms with Crippen LogP contribution in [0.4, 0.5) is 0 Å². The van der Waals surface area contributed by atoms with Gasteiger partial charge in [-0.1, -0.05) is 0 Å². The number of thioether (sulfide) groups is 1. The lowest BCUT2D eigenvalue weighted by Gasteiger charge is -2.59. The second-order valence-corrected chi connectivity index (χ2v) is 8.01. The van der Waals surface area contributed by atoms with Crippen molar-refractivity contribution in [3.63, 3.8) is 0 Å². The molecule has 4 aliphatic rings. The van der Waals surface area contributed by atoms with E-state index in [-0.39, 0.29) is 12.0 Å². The maximum Gasteiger partial charge on any atom is 0.315 e. The van der Waals surface area contributed by atoms with E-state index in [9.17, 15) is 4.79 Å². The highest BCUT2D eigenvalue weighted by Crippen LogP contribution is 2.61. The number of hydrogen-bond acceptors (Lipinski definition) is 4. The summed E-state index contributed by atoms with van der Waals surface area (Å²) in [6.45, 7) is 0. The van der Waals surface area contributed by atoms with E-state index in [0.29, 0.717) is 11.2 Å². The summed E-state index contributed by atoms with van der Waals surface area (Å²) in [6.07, 6.45) is 8.42. The molecule has 4 saturated carbocycles. The molecule has 0 aromatic heterocycles. The van der Waals surface area contributed by atoms with Gasteiger partial charge in [-0.2, -0.15) is 0 Å². The average molecular weight is 283 g/mol. The molecule has 0 amide bonds. The van der Waals surface area contributed by atoms with E-state index in [1.54, 1.807) is 11.8 Å². The van der Waals surface area contributed by atoms with E-state index in [1.165, 1.54) is 45.6 Å². The lowest BCUT2D eigenvalue weighted by molar-refractivity contribution is -0.137. The summed E-state index contributed by atoms with van der Waals surface area (Å²) in [5.41, 5.74) is 6.93. The Bertz CT molecular complexity index is 323. The van der Waals surface area contributed by atoms with E-state index in [2.05, 4.69) is 4.74 Å². The number of rotatable bonds is 5. The van der Waals surface area contributed by atoms with Crippen LogP contribution in [0, 0.1) is 23.2 Å². The summed E-state index contributed by atoms with van der Waals surface area (Å²) in [7, 11) is 1.45. The fraction of sp³-hybridized carbons (Fsp3) is 0.933. The Balaban J connectivity index is 1.57. The zero-order valence-corrected chi connectivity index (χ0v) is 12.6. The quantitative estimate of drug-likeness (QED) is 0.787. The molecular weight excluding hydrogens is 258 g/mol. The average Bonchev–Trinajstić information content (AvgIpc) is 2.36. The highest BCUT2D eigenvalue weighted by molar-refractivity contribution is 7.99. The van der Waals surface area contributed by atoms with Crippen molar-refractivity contribution in [3.05, 3.63) is 0 Å². The minimum atomic E-state index is -0.136. The Hall–Kier alpha value is -0.220. The predicted octanol–water partition coefficient (Wildman–Crippen LogP) is 2.44. The molecule has 108 valence electrons. The zero-order chi connectivity index (χ0) is 13.5. The minimum absolute atomic E-state index is 0.136. The summed E-state index contributed by atoms with van der Waals surface area (Å²) in [5, 5.41) is 0. The van der Waals surface area contributed by atoms with E-state index < -0.39 is 0 Å². The lowest BCUT2D eigenvalue weighted by Crippen LogP contribution is -2.55. The first-order valence-corrected chi connectivity index (χ1v) is 8.67. The second kappa shape index (κ2) is 5.28. The third kappa shape index (κ3) is 2.66. The van der Waals surface area contributed by atoms with Gasteiger partial charge in [0, 0.05) is 11.8 Å². The Kier molecular flexibility index (Phi) is 3.82. The summed E-state index contributed by atoms with van der Waals surface area (Å²) in [6, 6.07) is 0.260. The van der Waals surface area contributed by atoms with Gasteiger partial charge >= 0.3 is 5.97 Å². The van der Waals surface area contributed by atoms with E-state index in [0.717, 1.165) is 23.5 Å². The maximum atomic E-state index is 11.2. The number of ether oxygens (including phenoxy) is 1. The molecule has 0 spiro atoms. The molecule has 0 aromatic carbocycles. The van der Waals surface area contributed by atoms with E-state index in [1.807, 2.05) is 0 Å². The Morgan fingerprint density at radius 2 is 1.79 bits per heavy atom. The number of carbonyl (C=O) groups excluding carboxylic acids is 1. The standard InChI is InChI=1S/C15H25NO2S/c1-18-14(17)9-19-8-13(16)15-5-10-2-11(6-15)4-12(3-10)7-15/h10-13H,2-9,16H2,1H3. The second-order valence-electron chi connectivity index (χ2n) is 6.98. The van der Waals surface area contributed by atoms with Crippen molar-refractivity contribution in [3.8, 4) is 0 Å². The molecule has 3 nitrogen and oxygen atoms in total. The third-order valence-electron chi connectivity index (χ3n) is 5.62. The van der Waals surface area contributed by atoms with Gasteiger partial charge in [-0.05, 0) is 61.7 Å². The van der Waals surface area contributed by atoms with Crippen LogP contribution in [0.1, 0.15) is 38.5 Å². The highest BCUT2D eigenvalue weighted by atomic mass is 32.2. The Morgan fingerprint density at radius 1 is 1.26 bits per heavy atom. The van der Waals surface area contributed by atoms with Gasteiger partial charge in [0.25, 0.3) is 0 Å². The van der Waals surface area contributed by atoms with Crippen LogP contribution in [0.3, 0.4) is 0 Å². The normalized spacial score (nSPS) is 41.3. The molecule has 0 aliphatic heterocycles. The molecule has 0 saturated heterocycles. The van der Waals surface area contributed by atoms with Gasteiger partial charge in [-0.25, -0.2) is 0 Å². The number of hydrogen-bond donors (Lipinski definition) is 1. The first-order chi connectivity index (χ1) is 9.11. The largest absolute Gasteiger partial charge is 0.468 e. The molecule has 1 atom stereocenters. The fourth-order valence-corrected chi connectivity index (χ4v) is 6.15. The van der Waals surface area contributed by atoms with Crippen molar-refractivity contribution >= 4 is 17.7 Å². The van der Waals surface area contributed by atoms with Crippen molar-refractivity contribution in [2.75, 3.05) is 18.6 Å². The lowest BCUT2D eigenvalue weighted by atomic mass is 9.48. The van der Waals surface area contributed by atoms with Gasteiger partial charge < -0.3 is 10.5 Å². The van der Waals surface area contributed by atoms with Gasteiger partial charge in [-0.3, -0.25) is 4.79 Å². The van der Waals surface area contributed by atoms with Crippen LogP contribution in [0.15, 0.2) is 0 Å². The van der Waals surface area contributed by atoms with Gasteiger partial charge in [0.2, 0.25) is 0 Å². The highest BCUT2D eigenvalue weighted by Gasteiger charge is 2.53. The first-order valence-electron chi connectivity index (χ1n) is 7.51. The van der Waals surface area contributed by atoms with Crippen molar-refractivity contribution in [2.24, 2.45) is 28.9 Å². The maximum absolute atomic E-state index is 11.2. The topological polar surface area (TPSA) is 52.3 Å². The van der Waals surface area contributed by atoms with Gasteiger partial charge in [0.1, 0.15) is 0 Å². The van der Waals surface area contributed by atoms with Crippen LogP contribution in [-0.4, -0.2) is 30.6 Å². The fourth-order valence-electron chi connectivity index (χ4n) is 5.14. The van der Waals surface area contributed by atoms with Gasteiger partial charge in [0.05, 0.1) is 12.9 Å². The van der Waals surface area contributed by atoms with Crippen LogP contribution < -0.4 is 5.73 Å². The van der Waals surface area contributed by atoms with Gasteiger partial charge in [-0.15, -0.1) is 11.8 Å². The molecule has 1 unspecified atom stereocenters. The summed E-state index contributed by atoms with van der Waals surface area (Å²) in [4.78, 5) is 11.2. The molecule has 4 fully saturated rings. The summed E-state index contributed by atoms with van der Waals surface area (Å²) < 4.78 is 4.68. The van der Waals surface area contributed by atoms with E-state index >= 15 is 0 Å². The molecule has 4 heteroatoms. The molecular formula is C15H25NO2S. The number of nitrogens with two attached hydrogens (primary N) is 1. The van der Waals surface area contributed by atoms with Crippen molar-refractivity contribution < 1.29 is 9.53 Å². The first kappa shape index (κ1) is 13.7. The van der Waals surface area contributed by atoms with Crippen LogP contribution in [0.5, 0.6) is 0 Å². The summed E-state index contributed by atoms with van der Waals surface area (Å²) >= 11 is 1.64. The Morgan fingerprint density at radius 3 is 2.26 bits per heavy atom. The predicted molar refractivity (Wildman–Crippen MR) is 77.9 cm³/mol. The summed E-state index contributed by atoms with van der Waals surface area (Å²) in [5.74, 6) is 4.05. The molecule has 4 rings (SSSR count). The molecule has 0 aromatic rings. The van der Waals surface area contributed by atoms with Crippen molar-refractivity contribution in [1.29, 1.82) is 0 Å². The SMILES string of the molecule is COC(=O)CSCC(N)C12CC3CC(CC(C3)C1)C2. The molecule has 0 radical (unpaired) electrons. The third-order valence-corrected chi connectivity index (χ3v) is 6.65. The molecule has 4 bridgehead atoms. The number of methoxy groups -OCH3 is 1. The van der Waals surface area contributed by atoms with Crippen LogP contribution in [-0.2, 0) is 9.53 Å². The minimum Gasteiger partial charge on any atom is -0.468 e. The van der Waals surface area contributed by atoms with Crippen LogP contribution in [0.2, 0.25) is 0 Å². The van der Waals surface area contributed by atoms with Crippen molar-refractivity contribution in [1.82, 2.24) is 0 Å². The Labute approximate surface area is 120 Å². The number of esters is 1. The molecule has 2 N–H and O–H groups in total. The van der Waals surface area contributed by atoms with Crippen LogP contribution in [0.25, 0.3) is 0 Å². The monoisotopic (exact) mass is 283 g/mol. The molecule has 19 heavy (non-hydrogen) atoms. The zero-order valence-electron chi connectivity index (χ0n) is 11.8.